The van der Waals surface area contributed by atoms with Crippen LogP contribution in [0.1, 0.15) is 27.2 Å². The van der Waals surface area contributed by atoms with Gasteiger partial charge in [-0.15, -0.1) is 0 Å². The summed E-state index contributed by atoms with van der Waals surface area (Å²) >= 11 is 0. The largest absolute Gasteiger partial charge is 0.457 e. The Morgan fingerprint density at radius 3 is 2.57 bits per heavy atom. The van der Waals surface area contributed by atoms with Crippen LogP contribution in [0, 0.1) is 17.8 Å². The maximum atomic E-state index is 12.1. The van der Waals surface area contributed by atoms with E-state index < -0.39 is 0 Å². The minimum atomic E-state index is -0.105. The molecule has 0 bridgehead atoms. The fourth-order valence-electron chi connectivity index (χ4n) is 4.16. The molecule has 0 radical (unpaired) electrons. The zero-order valence-electron chi connectivity index (χ0n) is 20.3. The first-order chi connectivity index (χ1) is 17.2. The molecule has 1 atom stereocenters. The third kappa shape index (κ3) is 5.49. The van der Waals surface area contributed by atoms with Gasteiger partial charge in [-0.3, -0.25) is 4.79 Å². The first kappa shape index (κ1) is 24.0. The number of nitrogens with zero attached hydrogens (tertiary/aromatic N) is 5. The molecule has 4 aromatic rings. The highest BCUT2D eigenvalue weighted by Gasteiger charge is 2.27. The van der Waals surface area contributed by atoms with Crippen LogP contribution in [-0.2, 0) is 11.3 Å². The Morgan fingerprint density at radius 2 is 1.83 bits per heavy atom. The number of carbonyl (C=O) groups excluding carboxylic acids is 1. The minimum Gasteiger partial charge on any atom is -0.457 e. The second kappa shape index (κ2) is 11.3. The van der Waals surface area contributed by atoms with Gasteiger partial charge in [0.05, 0.1) is 5.39 Å². The number of carbonyl (C=O) groups is 1. The summed E-state index contributed by atoms with van der Waals surface area (Å²) in [7, 11) is 0. The summed E-state index contributed by atoms with van der Waals surface area (Å²) in [5, 5.41) is 5.78. The average Bonchev–Trinajstić information content (AvgIpc) is 3.52. The monoisotopic (exact) mass is 467 g/mol. The number of aromatic nitrogens is 4. The average molecular weight is 468 g/mol. The number of hydrogen-bond acceptors (Lipinski definition) is 5. The van der Waals surface area contributed by atoms with Gasteiger partial charge in [-0.2, -0.15) is 5.10 Å². The highest BCUT2D eigenvalue weighted by molar-refractivity contribution is 5.93. The number of ether oxygens (including phenoxy) is 1. The van der Waals surface area contributed by atoms with Gasteiger partial charge in [-0.05, 0) is 61.6 Å². The molecule has 1 aliphatic heterocycles. The van der Waals surface area contributed by atoms with Gasteiger partial charge in [-0.25, -0.2) is 14.6 Å². The van der Waals surface area contributed by atoms with Crippen LogP contribution in [0.3, 0.4) is 0 Å². The van der Waals surface area contributed by atoms with Crippen LogP contribution < -0.4 is 4.74 Å². The summed E-state index contributed by atoms with van der Waals surface area (Å²) in [5.74, 6) is 7.07. The van der Waals surface area contributed by atoms with Crippen molar-refractivity contribution in [3.05, 3.63) is 67.1 Å². The molecule has 0 spiro atoms. The zero-order chi connectivity index (χ0) is 24.6. The molecule has 1 fully saturated rings. The molecule has 1 unspecified atom stereocenters. The molecule has 0 N–H and O–H groups in total. The van der Waals surface area contributed by atoms with Crippen molar-refractivity contribution in [2.24, 2.45) is 5.92 Å². The van der Waals surface area contributed by atoms with E-state index >= 15 is 0 Å². The molecule has 178 valence electrons. The molecular weight excluding hydrogens is 438 g/mol. The lowest BCUT2D eigenvalue weighted by Crippen LogP contribution is -2.28. The molecule has 0 aliphatic carbocycles. The van der Waals surface area contributed by atoms with Crippen LogP contribution >= 0.6 is 0 Å². The number of hydrogen-bond donors (Lipinski definition) is 0. The first-order valence-electron chi connectivity index (χ1n) is 11.9. The lowest BCUT2D eigenvalue weighted by Gasteiger charge is -2.13. The predicted molar refractivity (Wildman–Crippen MR) is 137 cm³/mol. The molecule has 2 aromatic heterocycles. The van der Waals surface area contributed by atoms with Gasteiger partial charge in [0.25, 0.3) is 5.91 Å². The molecule has 5 rings (SSSR count). The summed E-state index contributed by atoms with van der Waals surface area (Å²) in [6.07, 6.45) is 4.27. The van der Waals surface area contributed by atoms with Crippen LogP contribution in [0.25, 0.3) is 22.3 Å². The molecule has 1 amide bonds. The molecule has 0 saturated carbocycles. The Balaban J connectivity index is 0.00000141. The summed E-state index contributed by atoms with van der Waals surface area (Å²) in [6, 6.07) is 17.6. The Labute approximate surface area is 205 Å². The zero-order valence-corrected chi connectivity index (χ0v) is 20.3. The van der Waals surface area contributed by atoms with E-state index in [0.717, 1.165) is 46.8 Å². The molecule has 2 aromatic carbocycles. The second-order valence-corrected chi connectivity index (χ2v) is 8.01. The maximum Gasteiger partial charge on any atom is 0.298 e. The van der Waals surface area contributed by atoms with Crippen LogP contribution in [0.4, 0.5) is 0 Å². The summed E-state index contributed by atoms with van der Waals surface area (Å²) in [4.78, 5) is 22.6. The van der Waals surface area contributed by atoms with E-state index in [0.29, 0.717) is 19.0 Å². The third-order valence-electron chi connectivity index (χ3n) is 5.75. The molecule has 7 nitrogen and oxygen atoms in total. The second-order valence-electron chi connectivity index (χ2n) is 8.01. The van der Waals surface area contributed by atoms with E-state index in [1.165, 1.54) is 0 Å². The standard InChI is InChI=1S/C26H23N5O2.C2H6/c1-2-6-24(32)30-14-13-19(16-30)17-31-26-23(15-27-18-28-26)25(29-31)20-9-11-22(12-10-20)33-21-7-4-3-5-8-21;1-2/h3-5,7-12,15,18-19H,13-14,16-17H2,1H3;1-2H3. The minimum absolute atomic E-state index is 0.105. The maximum absolute atomic E-state index is 12.1. The van der Waals surface area contributed by atoms with Gasteiger partial charge in [0.2, 0.25) is 0 Å². The summed E-state index contributed by atoms with van der Waals surface area (Å²) in [6.45, 7) is 7.78. The van der Waals surface area contributed by atoms with Crippen molar-refractivity contribution in [3.8, 4) is 34.6 Å². The van der Waals surface area contributed by atoms with Crippen molar-refractivity contribution >= 4 is 16.9 Å². The number of rotatable bonds is 5. The summed E-state index contributed by atoms with van der Waals surface area (Å²) in [5.41, 5.74) is 2.60. The van der Waals surface area contributed by atoms with Gasteiger partial charge in [0, 0.05) is 31.4 Å². The number of fused-ring (bicyclic) bond motifs is 1. The first-order valence-corrected chi connectivity index (χ1v) is 11.9. The van der Waals surface area contributed by atoms with Crippen LogP contribution in [-0.4, -0.2) is 43.6 Å². The Kier molecular flexibility index (Phi) is 7.74. The molecule has 35 heavy (non-hydrogen) atoms. The Bertz CT molecular complexity index is 1340. The number of amides is 1. The van der Waals surface area contributed by atoms with Crippen molar-refractivity contribution in [1.82, 2.24) is 24.6 Å². The lowest BCUT2D eigenvalue weighted by molar-refractivity contribution is -0.124. The molecule has 7 heteroatoms. The topological polar surface area (TPSA) is 73.1 Å². The van der Waals surface area contributed by atoms with Gasteiger partial charge in [0.15, 0.2) is 5.65 Å². The van der Waals surface area contributed by atoms with Crippen LogP contribution in [0.2, 0.25) is 0 Å². The van der Waals surface area contributed by atoms with E-state index in [2.05, 4.69) is 21.8 Å². The predicted octanol–water partition coefficient (Wildman–Crippen LogP) is 5.18. The third-order valence-corrected chi connectivity index (χ3v) is 5.75. The fourth-order valence-corrected chi connectivity index (χ4v) is 4.16. The van der Waals surface area contributed by atoms with Crippen LogP contribution in [0.5, 0.6) is 11.5 Å². The van der Waals surface area contributed by atoms with Crippen molar-refractivity contribution in [2.45, 2.75) is 33.7 Å². The summed E-state index contributed by atoms with van der Waals surface area (Å²) < 4.78 is 7.84. The quantitative estimate of drug-likeness (QED) is 0.378. The van der Waals surface area contributed by atoms with Crippen molar-refractivity contribution < 1.29 is 9.53 Å². The molecule has 1 aliphatic rings. The Morgan fingerprint density at radius 1 is 1.09 bits per heavy atom. The SMILES string of the molecule is CC.CC#CC(=O)N1CCC(Cn2nc(-c3ccc(Oc4ccccc4)cc3)c3cncnc32)C1. The number of para-hydroxylation sites is 1. The number of likely N-dealkylation sites (tertiary alicyclic amines) is 1. The number of benzene rings is 2. The van der Waals surface area contributed by atoms with Gasteiger partial charge in [0.1, 0.15) is 23.5 Å². The van der Waals surface area contributed by atoms with Crippen molar-refractivity contribution in [3.63, 3.8) is 0 Å². The van der Waals surface area contributed by atoms with E-state index in [-0.39, 0.29) is 5.91 Å². The van der Waals surface area contributed by atoms with E-state index in [1.54, 1.807) is 19.4 Å². The Hall–Kier alpha value is -4.18. The van der Waals surface area contributed by atoms with Crippen molar-refractivity contribution in [1.29, 1.82) is 0 Å². The van der Waals surface area contributed by atoms with Gasteiger partial charge >= 0.3 is 0 Å². The van der Waals surface area contributed by atoms with Crippen LogP contribution in [0.15, 0.2) is 67.1 Å². The molecule has 3 heterocycles. The van der Waals surface area contributed by atoms with E-state index in [4.69, 9.17) is 9.84 Å². The highest BCUT2D eigenvalue weighted by Crippen LogP contribution is 2.30. The molecule has 1 saturated heterocycles. The van der Waals surface area contributed by atoms with Crippen molar-refractivity contribution in [2.75, 3.05) is 13.1 Å². The fraction of sp³-hybridized carbons (Fsp3) is 0.286. The molecular formula is C28H29N5O2. The van der Waals surface area contributed by atoms with E-state index in [1.807, 2.05) is 78.0 Å². The smallest absolute Gasteiger partial charge is 0.298 e. The normalized spacial score (nSPS) is 14.6. The van der Waals surface area contributed by atoms with Gasteiger partial charge in [-0.1, -0.05) is 38.0 Å². The van der Waals surface area contributed by atoms with Gasteiger partial charge < -0.3 is 9.64 Å². The van der Waals surface area contributed by atoms with E-state index in [9.17, 15) is 4.79 Å². The highest BCUT2D eigenvalue weighted by atomic mass is 16.5. The lowest BCUT2D eigenvalue weighted by atomic mass is 10.1.